The molecule has 0 atom stereocenters. The van der Waals surface area contributed by atoms with Gasteiger partial charge in [-0.25, -0.2) is 0 Å². The number of hydrogen-bond acceptors (Lipinski definition) is 3. The van der Waals surface area contributed by atoms with Crippen molar-refractivity contribution >= 4 is 5.69 Å². The third-order valence-electron chi connectivity index (χ3n) is 3.57. The molecule has 1 heterocycles. The first-order valence-corrected chi connectivity index (χ1v) is 7.00. The van der Waals surface area contributed by atoms with Crippen LogP contribution in [0.4, 0.5) is 5.69 Å². The van der Waals surface area contributed by atoms with Gasteiger partial charge in [-0.2, -0.15) is 0 Å². The normalized spacial score (nSPS) is 16.8. The van der Waals surface area contributed by atoms with E-state index in [4.69, 9.17) is 0 Å². The van der Waals surface area contributed by atoms with Crippen molar-refractivity contribution in [2.75, 3.05) is 44.6 Å². The molecule has 18 heavy (non-hydrogen) atoms. The Morgan fingerprint density at radius 2 is 2.00 bits per heavy atom. The molecule has 0 spiro atoms. The molecule has 1 aromatic carbocycles. The van der Waals surface area contributed by atoms with Crippen molar-refractivity contribution < 1.29 is 0 Å². The molecule has 2 rings (SSSR count). The maximum Gasteiger partial charge on any atom is 0.0372 e. The maximum absolute atomic E-state index is 3.55. The second kappa shape index (κ2) is 6.76. The Morgan fingerprint density at radius 1 is 1.22 bits per heavy atom. The molecule has 3 nitrogen and oxygen atoms in total. The van der Waals surface area contributed by atoms with Gasteiger partial charge in [0.2, 0.25) is 0 Å². The van der Waals surface area contributed by atoms with Crippen molar-refractivity contribution in [2.45, 2.75) is 20.3 Å². The molecule has 0 unspecified atom stereocenters. The van der Waals surface area contributed by atoms with Gasteiger partial charge in [0.25, 0.3) is 0 Å². The highest BCUT2D eigenvalue weighted by molar-refractivity contribution is 5.52. The molecule has 0 bridgehead atoms. The van der Waals surface area contributed by atoms with Crippen molar-refractivity contribution in [3.05, 3.63) is 29.3 Å². The fourth-order valence-electron chi connectivity index (χ4n) is 2.39. The lowest BCUT2D eigenvalue weighted by atomic mass is 10.1. The van der Waals surface area contributed by atoms with Gasteiger partial charge in [0.05, 0.1) is 0 Å². The molecule has 1 aliphatic rings. The van der Waals surface area contributed by atoms with Crippen molar-refractivity contribution in [3.8, 4) is 0 Å². The van der Waals surface area contributed by atoms with Crippen LogP contribution in [0, 0.1) is 13.8 Å². The number of rotatable bonds is 5. The van der Waals surface area contributed by atoms with Gasteiger partial charge in [0.1, 0.15) is 0 Å². The Bertz CT molecular complexity index is 370. The van der Waals surface area contributed by atoms with Crippen LogP contribution in [-0.2, 0) is 0 Å². The fraction of sp³-hybridized carbons (Fsp3) is 0.600. The first-order valence-electron chi connectivity index (χ1n) is 7.00. The molecule has 2 N–H and O–H groups in total. The first kappa shape index (κ1) is 13.4. The van der Waals surface area contributed by atoms with E-state index in [1.54, 1.807) is 0 Å². The van der Waals surface area contributed by atoms with Crippen LogP contribution in [-0.4, -0.2) is 44.2 Å². The van der Waals surface area contributed by atoms with Crippen LogP contribution in [0.5, 0.6) is 0 Å². The zero-order valence-corrected chi connectivity index (χ0v) is 11.6. The van der Waals surface area contributed by atoms with E-state index in [2.05, 4.69) is 47.6 Å². The second-order valence-electron chi connectivity index (χ2n) is 5.19. The average molecular weight is 247 g/mol. The minimum absolute atomic E-state index is 1.06. The first-order chi connectivity index (χ1) is 8.75. The number of benzene rings is 1. The molecule has 0 saturated carbocycles. The van der Waals surface area contributed by atoms with Gasteiger partial charge in [0.15, 0.2) is 0 Å². The maximum atomic E-state index is 3.55. The number of piperazine rings is 1. The summed E-state index contributed by atoms with van der Waals surface area (Å²) in [6, 6.07) is 6.59. The molecule has 1 aromatic rings. The Labute approximate surface area is 111 Å². The van der Waals surface area contributed by atoms with Crippen molar-refractivity contribution in [1.29, 1.82) is 0 Å². The number of nitrogens with zero attached hydrogens (tertiary/aromatic N) is 1. The highest BCUT2D eigenvalue weighted by Crippen LogP contribution is 2.16. The van der Waals surface area contributed by atoms with Gasteiger partial charge in [-0.15, -0.1) is 0 Å². The van der Waals surface area contributed by atoms with E-state index in [9.17, 15) is 0 Å². The summed E-state index contributed by atoms with van der Waals surface area (Å²) in [5, 5.41) is 6.94. The lowest BCUT2D eigenvalue weighted by molar-refractivity contribution is 0.240. The summed E-state index contributed by atoms with van der Waals surface area (Å²) in [5.41, 5.74) is 3.95. The fourth-order valence-corrected chi connectivity index (χ4v) is 2.39. The molecule has 1 aliphatic heterocycles. The van der Waals surface area contributed by atoms with Crippen LogP contribution in [0.25, 0.3) is 0 Å². The summed E-state index contributed by atoms with van der Waals surface area (Å²) in [4.78, 5) is 2.54. The number of nitrogens with one attached hydrogen (secondary N) is 2. The molecule has 0 aromatic heterocycles. The minimum atomic E-state index is 1.06. The SMILES string of the molecule is Cc1ccc(C)c(NCCCN2CCNCC2)c1. The van der Waals surface area contributed by atoms with Gasteiger partial charge in [-0.1, -0.05) is 12.1 Å². The lowest BCUT2D eigenvalue weighted by Gasteiger charge is -2.27. The zero-order valence-electron chi connectivity index (χ0n) is 11.6. The molecule has 0 radical (unpaired) electrons. The van der Waals surface area contributed by atoms with E-state index < -0.39 is 0 Å². The van der Waals surface area contributed by atoms with Gasteiger partial charge in [0, 0.05) is 38.4 Å². The molecule has 0 amide bonds. The third kappa shape index (κ3) is 4.00. The Hall–Kier alpha value is -1.06. The number of hydrogen-bond donors (Lipinski definition) is 2. The zero-order chi connectivity index (χ0) is 12.8. The molecule has 100 valence electrons. The van der Waals surface area contributed by atoms with E-state index >= 15 is 0 Å². The summed E-state index contributed by atoms with van der Waals surface area (Å²) in [6.07, 6.45) is 1.22. The monoisotopic (exact) mass is 247 g/mol. The Balaban J connectivity index is 1.69. The van der Waals surface area contributed by atoms with Gasteiger partial charge in [-0.3, -0.25) is 0 Å². The lowest BCUT2D eigenvalue weighted by Crippen LogP contribution is -2.44. The van der Waals surface area contributed by atoms with Crippen LogP contribution in [0.1, 0.15) is 17.5 Å². The molecule has 1 fully saturated rings. The van der Waals surface area contributed by atoms with E-state index in [1.165, 1.54) is 42.9 Å². The Morgan fingerprint density at radius 3 is 2.78 bits per heavy atom. The quantitative estimate of drug-likeness (QED) is 0.779. The molecule has 3 heteroatoms. The van der Waals surface area contributed by atoms with Gasteiger partial charge in [-0.05, 0) is 44.0 Å². The Kier molecular flexibility index (Phi) is 5.02. The molecular weight excluding hydrogens is 222 g/mol. The van der Waals surface area contributed by atoms with Crippen LogP contribution >= 0.6 is 0 Å². The summed E-state index contributed by atoms with van der Waals surface area (Å²) in [6.45, 7) is 11.3. The minimum Gasteiger partial charge on any atom is -0.385 e. The predicted molar refractivity (Wildman–Crippen MR) is 78.3 cm³/mol. The largest absolute Gasteiger partial charge is 0.385 e. The van der Waals surface area contributed by atoms with E-state index in [1.807, 2.05) is 0 Å². The van der Waals surface area contributed by atoms with Crippen LogP contribution in [0.2, 0.25) is 0 Å². The predicted octanol–water partition coefficient (Wildman–Crippen LogP) is 2.01. The van der Waals surface area contributed by atoms with Crippen LogP contribution in [0.15, 0.2) is 18.2 Å². The van der Waals surface area contributed by atoms with E-state index in [-0.39, 0.29) is 0 Å². The molecule has 1 saturated heterocycles. The highest BCUT2D eigenvalue weighted by Gasteiger charge is 2.08. The second-order valence-corrected chi connectivity index (χ2v) is 5.19. The number of anilines is 1. The molecule has 0 aliphatic carbocycles. The van der Waals surface area contributed by atoms with Crippen LogP contribution in [0.3, 0.4) is 0 Å². The van der Waals surface area contributed by atoms with Crippen molar-refractivity contribution in [2.24, 2.45) is 0 Å². The summed E-state index contributed by atoms with van der Waals surface area (Å²) < 4.78 is 0. The van der Waals surface area contributed by atoms with Gasteiger partial charge >= 0.3 is 0 Å². The van der Waals surface area contributed by atoms with Crippen molar-refractivity contribution in [1.82, 2.24) is 10.2 Å². The van der Waals surface area contributed by atoms with E-state index in [0.717, 1.165) is 19.6 Å². The standard InChI is InChI=1S/C15H25N3/c1-13-4-5-14(2)15(12-13)17-6-3-9-18-10-7-16-8-11-18/h4-5,12,16-17H,3,6-11H2,1-2H3. The smallest absolute Gasteiger partial charge is 0.0372 e. The summed E-state index contributed by atoms with van der Waals surface area (Å²) in [7, 11) is 0. The highest BCUT2D eigenvalue weighted by atomic mass is 15.2. The summed E-state index contributed by atoms with van der Waals surface area (Å²) >= 11 is 0. The average Bonchev–Trinajstić information content (AvgIpc) is 2.40. The van der Waals surface area contributed by atoms with Crippen molar-refractivity contribution in [3.63, 3.8) is 0 Å². The summed E-state index contributed by atoms with van der Waals surface area (Å²) in [5.74, 6) is 0. The van der Waals surface area contributed by atoms with E-state index in [0.29, 0.717) is 0 Å². The molecular formula is C15H25N3. The van der Waals surface area contributed by atoms with Gasteiger partial charge < -0.3 is 15.5 Å². The topological polar surface area (TPSA) is 27.3 Å². The van der Waals surface area contributed by atoms with Crippen LogP contribution < -0.4 is 10.6 Å². The third-order valence-corrected chi connectivity index (χ3v) is 3.57. The number of aryl methyl sites for hydroxylation is 2.